The van der Waals surface area contributed by atoms with E-state index in [1.165, 1.54) is 48.5 Å². The molecule has 0 unspecified atom stereocenters. The molecule has 0 amide bonds. The second kappa shape index (κ2) is 11.4. The van der Waals surface area contributed by atoms with Gasteiger partial charge in [0.05, 0.1) is 6.04 Å². The van der Waals surface area contributed by atoms with Crippen LogP contribution in [0.15, 0.2) is 65.7 Å². The third-order valence-electron chi connectivity index (χ3n) is 5.98. The van der Waals surface area contributed by atoms with Crippen LogP contribution >= 0.6 is 0 Å². The lowest BCUT2D eigenvalue weighted by Crippen LogP contribution is -2.75. The minimum Gasteiger partial charge on any atom is -0.384 e. The van der Waals surface area contributed by atoms with Crippen LogP contribution in [0.4, 0.5) is 74.6 Å². The summed E-state index contributed by atoms with van der Waals surface area (Å²) in [5.74, 6) is -57.9. The molecule has 242 valence electrons. The molecule has 0 saturated carbocycles. The first-order chi connectivity index (χ1) is 19.2. The Hall–Kier alpha value is -3.12. The van der Waals surface area contributed by atoms with Crippen molar-refractivity contribution in [2.24, 2.45) is 4.99 Å². The van der Waals surface area contributed by atoms with Gasteiger partial charge < -0.3 is 5.11 Å². The molecule has 1 N–H and O–H groups in total. The van der Waals surface area contributed by atoms with Crippen molar-refractivity contribution in [2.75, 3.05) is 0 Å². The molecule has 0 aliphatic rings. The highest BCUT2D eigenvalue weighted by molar-refractivity contribution is 5.79. The highest BCUT2D eigenvalue weighted by atomic mass is 19.4. The number of hydrogen-bond acceptors (Lipinski definition) is 2. The van der Waals surface area contributed by atoms with Crippen molar-refractivity contribution >= 4 is 6.21 Å². The molecular weight excluding hydrogens is 641 g/mol. The number of aliphatic imine (C=N–C) groups is 1. The summed E-state index contributed by atoms with van der Waals surface area (Å²) in [6.45, 7) is 0. The lowest BCUT2D eigenvalue weighted by molar-refractivity contribution is -0.464. The number of halogens is 17. The van der Waals surface area contributed by atoms with Crippen LogP contribution in [0.1, 0.15) is 11.1 Å². The topological polar surface area (TPSA) is 32.6 Å². The SMILES string of the molecule is O[C@H]([C@H](Cc1ccccc1)N=Cc1ccccc1)C(F)(F)C(F)(F)C(F)(F)C(F)(F)C(F)(F)C(F)(F)C(F)(F)C(F)(F)F. The van der Waals surface area contributed by atoms with Crippen molar-refractivity contribution in [1.29, 1.82) is 0 Å². The van der Waals surface area contributed by atoms with Crippen molar-refractivity contribution < 1.29 is 79.7 Å². The largest absolute Gasteiger partial charge is 0.460 e. The number of hydrogen-bond donors (Lipinski definition) is 1. The van der Waals surface area contributed by atoms with E-state index in [1.54, 1.807) is 0 Å². The lowest BCUT2D eigenvalue weighted by Gasteiger charge is -2.43. The molecule has 0 fully saturated rings. The Labute approximate surface area is 229 Å². The molecule has 0 heterocycles. The summed E-state index contributed by atoms with van der Waals surface area (Å²) >= 11 is 0. The van der Waals surface area contributed by atoms with Gasteiger partial charge >= 0.3 is 47.6 Å². The van der Waals surface area contributed by atoms with E-state index in [1.807, 2.05) is 0 Å². The Balaban J connectivity index is 2.62. The van der Waals surface area contributed by atoms with Gasteiger partial charge in [-0.1, -0.05) is 60.7 Å². The zero-order chi connectivity index (χ0) is 33.5. The summed E-state index contributed by atoms with van der Waals surface area (Å²) < 4.78 is 232. The van der Waals surface area contributed by atoms with Crippen molar-refractivity contribution in [3.05, 3.63) is 71.8 Å². The lowest BCUT2D eigenvalue weighted by atomic mass is 9.85. The molecule has 2 rings (SSSR count). The third kappa shape index (κ3) is 5.87. The van der Waals surface area contributed by atoms with E-state index in [4.69, 9.17) is 0 Å². The standard InChI is InChI=1S/C24H16F17NO/c25-17(26,16(43)15(11-13-7-3-1-4-8-13)42-12-14-9-5-2-6-10-14)18(27,28)19(29,30)20(31,32)21(33,34)22(35,36)23(37,38)24(39,40)41/h1-10,12,15-16,43H,11H2/t15-,16+/m0/s1. The van der Waals surface area contributed by atoms with E-state index in [0.717, 1.165) is 12.1 Å². The first-order valence-electron chi connectivity index (χ1n) is 11.2. The average molecular weight is 657 g/mol. The third-order valence-corrected chi connectivity index (χ3v) is 5.98. The molecule has 0 aromatic heterocycles. The number of aliphatic hydroxyl groups excluding tert-OH is 1. The summed E-state index contributed by atoms with van der Waals surface area (Å²) in [6.07, 6.45) is -12.6. The van der Waals surface area contributed by atoms with E-state index < -0.39 is 66.2 Å². The molecule has 0 spiro atoms. The van der Waals surface area contributed by atoms with Gasteiger partial charge in [-0.3, -0.25) is 4.99 Å². The van der Waals surface area contributed by atoms with E-state index >= 15 is 0 Å². The van der Waals surface area contributed by atoms with Crippen LogP contribution in [0.3, 0.4) is 0 Å². The summed E-state index contributed by atoms with van der Waals surface area (Å²) in [7, 11) is 0. The predicted molar refractivity (Wildman–Crippen MR) is 115 cm³/mol. The minimum absolute atomic E-state index is 0.00664. The van der Waals surface area contributed by atoms with Gasteiger partial charge in [0.1, 0.15) is 6.10 Å². The summed E-state index contributed by atoms with van der Waals surface area (Å²) in [6, 6.07) is 9.80. The van der Waals surface area contributed by atoms with E-state index in [2.05, 4.69) is 4.99 Å². The van der Waals surface area contributed by atoms with Crippen LogP contribution in [-0.2, 0) is 6.42 Å². The quantitative estimate of drug-likeness (QED) is 0.182. The monoisotopic (exact) mass is 657 g/mol. The van der Waals surface area contributed by atoms with Gasteiger partial charge in [-0.15, -0.1) is 0 Å². The molecule has 0 bridgehead atoms. The smallest absolute Gasteiger partial charge is 0.384 e. The number of rotatable bonds is 12. The number of nitrogens with zero attached hydrogens (tertiary/aromatic N) is 1. The maximum absolute atomic E-state index is 14.8. The second-order valence-electron chi connectivity index (χ2n) is 8.96. The van der Waals surface area contributed by atoms with Gasteiger partial charge in [0.15, 0.2) is 0 Å². The Kier molecular flexibility index (Phi) is 9.58. The van der Waals surface area contributed by atoms with E-state index in [0.29, 0.717) is 6.21 Å². The highest BCUT2D eigenvalue weighted by Crippen LogP contribution is 2.64. The molecule has 0 aliphatic carbocycles. The molecule has 0 saturated heterocycles. The van der Waals surface area contributed by atoms with Gasteiger partial charge in [-0.2, -0.15) is 74.6 Å². The fourth-order valence-corrected chi connectivity index (χ4v) is 3.43. The summed E-state index contributed by atoms with van der Waals surface area (Å²) in [5.41, 5.74) is -0.124. The number of benzene rings is 2. The average Bonchev–Trinajstić information content (AvgIpc) is 2.90. The van der Waals surface area contributed by atoms with Crippen molar-refractivity contribution in [1.82, 2.24) is 0 Å². The van der Waals surface area contributed by atoms with Gasteiger partial charge in [0.2, 0.25) is 0 Å². The highest BCUT2D eigenvalue weighted by Gasteiger charge is 2.95. The zero-order valence-electron chi connectivity index (χ0n) is 20.5. The van der Waals surface area contributed by atoms with Gasteiger partial charge in [-0.25, -0.2) is 0 Å². The predicted octanol–water partition coefficient (Wildman–Crippen LogP) is 8.09. The molecule has 2 nitrogen and oxygen atoms in total. The Morgan fingerprint density at radius 3 is 1.33 bits per heavy atom. The second-order valence-corrected chi connectivity index (χ2v) is 8.96. The fraction of sp³-hybridized carbons (Fsp3) is 0.458. The van der Waals surface area contributed by atoms with Gasteiger partial charge in [-0.05, 0) is 17.5 Å². The molecule has 2 aromatic rings. The minimum atomic E-state index is -8.75. The van der Waals surface area contributed by atoms with Gasteiger partial charge in [0, 0.05) is 6.21 Å². The van der Waals surface area contributed by atoms with Crippen molar-refractivity contribution in [2.45, 2.75) is 66.2 Å². The molecular formula is C24H16F17NO. The zero-order valence-corrected chi connectivity index (χ0v) is 20.5. The Morgan fingerprint density at radius 2 is 0.907 bits per heavy atom. The molecule has 2 aromatic carbocycles. The van der Waals surface area contributed by atoms with Crippen molar-refractivity contribution in [3.63, 3.8) is 0 Å². The van der Waals surface area contributed by atoms with Crippen molar-refractivity contribution in [3.8, 4) is 0 Å². The Bertz CT molecular complexity index is 1240. The number of aliphatic hydroxyl groups is 1. The maximum atomic E-state index is 14.8. The first-order valence-corrected chi connectivity index (χ1v) is 11.2. The molecule has 43 heavy (non-hydrogen) atoms. The maximum Gasteiger partial charge on any atom is 0.460 e. The van der Waals surface area contributed by atoms with E-state index in [-0.39, 0.29) is 11.1 Å². The summed E-state index contributed by atoms with van der Waals surface area (Å²) in [4.78, 5) is 3.35. The van der Waals surface area contributed by atoms with E-state index in [9.17, 15) is 79.7 Å². The fourth-order valence-electron chi connectivity index (χ4n) is 3.43. The molecule has 0 aliphatic heterocycles. The van der Waals surface area contributed by atoms with Crippen LogP contribution in [0.25, 0.3) is 0 Å². The van der Waals surface area contributed by atoms with Crippen LogP contribution in [0.2, 0.25) is 0 Å². The van der Waals surface area contributed by atoms with Crippen LogP contribution in [-0.4, -0.2) is 71.1 Å². The van der Waals surface area contributed by atoms with Crippen LogP contribution in [0, 0.1) is 0 Å². The molecule has 19 heteroatoms. The van der Waals surface area contributed by atoms with Crippen LogP contribution < -0.4 is 0 Å². The molecule has 0 radical (unpaired) electrons. The molecule has 2 atom stereocenters. The Morgan fingerprint density at radius 1 is 0.535 bits per heavy atom. The first kappa shape index (κ1) is 36.1. The normalized spacial score (nSPS) is 16.4. The van der Waals surface area contributed by atoms with Gasteiger partial charge in [0.25, 0.3) is 0 Å². The summed E-state index contributed by atoms with van der Waals surface area (Å²) in [5, 5.41) is 10.0. The number of alkyl halides is 17. The van der Waals surface area contributed by atoms with Crippen LogP contribution in [0.5, 0.6) is 0 Å².